The molecule has 4 N–H and O–H groups in total. The molecule has 0 saturated heterocycles. The molecule has 0 spiro atoms. The molecular weight excluding hydrogens is 292 g/mol. The maximum Gasteiger partial charge on any atom is 0.207 e. The fraction of sp³-hybridized carbons (Fsp3) is 0.143. The molecule has 3 rings (SSSR count). The molecule has 0 aromatic heterocycles. The van der Waals surface area contributed by atoms with Gasteiger partial charge in [-0.25, -0.2) is 8.42 Å². The Morgan fingerprint density at radius 2 is 1.19 bits per heavy atom. The van der Waals surface area contributed by atoms with Gasteiger partial charge in [-0.05, 0) is 24.3 Å². The third-order valence-corrected chi connectivity index (χ3v) is 5.37. The van der Waals surface area contributed by atoms with E-state index in [1.165, 1.54) is 26.4 Å². The number of nitrogens with two attached hydrogens (primary N) is 2. The molecule has 1 aliphatic heterocycles. The van der Waals surface area contributed by atoms with Crippen LogP contribution in [0.15, 0.2) is 34.1 Å². The van der Waals surface area contributed by atoms with Gasteiger partial charge < -0.3 is 20.9 Å². The van der Waals surface area contributed by atoms with E-state index in [2.05, 4.69) is 0 Å². The molecule has 0 bridgehead atoms. The standard InChI is InChI=1S/C14H14N2O4S/c1-19-11-3-7-8-4-12(20-2)10(16)6-14(8)21(17,18)13(7)5-9(11)15/h3-6H,15-16H2,1-2H3. The number of sulfone groups is 1. The molecule has 0 unspecified atom stereocenters. The first-order valence-electron chi connectivity index (χ1n) is 6.10. The quantitative estimate of drug-likeness (QED) is 0.698. The van der Waals surface area contributed by atoms with Gasteiger partial charge in [0.05, 0.1) is 35.4 Å². The van der Waals surface area contributed by atoms with Crippen LogP contribution in [-0.2, 0) is 9.84 Å². The number of ether oxygens (including phenoxy) is 2. The first-order valence-corrected chi connectivity index (χ1v) is 7.59. The maximum absolute atomic E-state index is 12.6. The normalized spacial score (nSPS) is 14.4. The van der Waals surface area contributed by atoms with E-state index in [1.54, 1.807) is 12.1 Å². The van der Waals surface area contributed by atoms with Gasteiger partial charge in [0.1, 0.15) is 11.5 Å². The zero-order chi connectivity index (χ0) is 15.4. The van der Waals surface area contributed by atoms with Gasteiger partial charge in [0.25, 0.3) is 0 Å². The monoisotopic (exact) mass is 306 g/mol. The molecule has 0 aliphatic carbocycles. The minimum absolute atomic E-state index is 0.156. The second-order valence-corrected chi connectivity index (χ2v) is 6.57. The van der Waals surface area contributed by atoms with Gasteiger partial charge in [0.15, 0.2) is 0 Å². The van der Waals surface area contributed by atoms with Gasteiger partial charge in [-0.2, -0.15) is 0 Å². The van der Waals surface area contributed by atoms with Gasteiger partial charge in [-0.15, -0.1) is 0 Å². The number of methoxy groups -OCH3 is 2. The third-order valence-electron chi connectivity index (χ3n) is 3.53. The third kappa shape index (κ3) is 1.74. The fourth-order valence-electron chi connectivity index (χ4n) is 2.49. The Bertz CT molecular complexity index is 794. The van der Waals surface area contributed by atoms with Gasteiger partial charge in [-0.3, -0.25) is 0 Å². The van der Waals surface area contributed by atoms with Crippen molar-refractivity contribution in [3.63, 3.8) is 0 Å². The Morgan fingerprint density at radius 1 is 0.810 bits per heavy atom. The summed E-state index contributed by atoms with van der Waals surface area (Å²) in [4.78, 5) is 0.312. The minimum Gasteiger partial charge on any atom is -0.495 e. The summed E-state index contributed by atoms with van der Waals surface area (Å²) in [7, 11) is -0.675. The van der Waals surface area contributed by atoms with Crippen molar-refractivity contribution in [1.82, 2.24) is 0 Å². The van der Waals surface area contributed by atoms with Crippen LogP contribution in [0.4, 0.5) is 11.4 Å². The first kappa shape index (κ1) is 13.6. The number of nitrogen functional groups attached to an aromatic ring is 2. The van der Waals surface area contributed by atoms with Crippen molar-refractivity contribution in [1.29, 1.82) is 0 Å². The highest BCUT2D eigenvalue weighted by molar-refractivity contribution is 7.92. The van der Waals surface area contributed by atoms with Gasteiger partial charge in [0.2, 0.25) is 9.84 Å². The topological polar surface area (TPSA) is 105 Å². The molecule has 2 aromatic rings. The number of hydrogen-bond acceptors (Lipinski definition) is 6. The van der Waals surface area contributed by atoms with E-state index < -0.39 is 9.84 Å². The average Bonchev–Trinajstić information content (AvgIpc) is 2.65. The molecule has 0 radical (unpaired) electrons. The van der Waals surface area contributed by atoms with Crippen LogP contribution in [0.5, 0.6) is 11.5 Å². The van der Waals surface area contributed by atoms with Crippen molar-refractivity contribution in [3.05, 3.63) is 24.3 Å². The Labute approximate surface area is 122 Å². The second-order valence-electron chi connectivity index (χ2n) is 4.68. The van der Waals surface area contributed by atoms with Gasteiger partial charge in [-0.1, -0.05) is 0 Å². The summed E-state index contributed by atoms with van der Waals surface area (Å²) in [6.45, 7) is 0. The Morgan fingerprint density at radius 3 is 1.52 bits per heavy atom. The summed E-state index contributed by atoms with van der Waals surface area (Å²) in [6, 6.07) is 6.05. The molecule has 2 aromatic carbocycles. The van der Waals surface area contributed by atoms with Crippen molar-refractivity contribution in [2.75, 3.05) is 25.7 Å². The highest BCUT2D eigenvalue weighted by Crippen LogP contribution is 2.48. The molecule has 0 saturated carbocycles. The molecule has 1 heterocycles. The lowest BCUT2D eigenvalue weighted by Gasteiger charge is -2.08. The predicted molar refractivity (Wildman–Crippen MR) is 79.3 cm³/mol. The molecule has 0 amide bonds. The predicted octanol–water partition coefficient (Wildman–Crippen LogP) is 1.68. The van der Waals surface area contributed by atoms with E-state index in [0.717, 1.165) is 0 Å². The molecule has 1 aliphatic rings. The van der Waals surface area contributed by atoms with E-state index >= 15 is 0 Å². The van der Waals surface area contributed by atoms with Crippen molar-refractivity contribution < 1.29 is 17.9 Å². The number of rotatable bonds is 2. The molecule has 0 atom stereocenters. The lowest BCUT2D eigenvalue weighted by molar-refractivity contribution is 0.416. The maximum atomic E-state index is 12.6. The van der Waals surface area contributed by atoms with E-state index in [0.29, 0.717) is 22.6 Å². The van der Waals surface area contributed by atoms with Gasteiger partial charge in [0, 0.05) is 11.1 Å². The molecule has 110 valence electrons. The van der Waals surface area contributed by atoms with Crippen LogP contribution >= 0.6 is 0 Å². The zero-order valence-corrected chi connectivity index (χ0v) is 12.3. The van der Waals surface area contributed by atoms with Crippen LogP contribution in [-0.4, -0.2) is 22.6 Å². The van der Waals surface area contributed by atoms with E-state index in [9.17, 15) is 8.42 Å². The van der Waals surface area contributed by atoms with Gasteiger partial charge >= 0.3 is 0 Å². The fourth-order valence-corrected chi connectivity index (χ4v) is 4.21. The van der Waals surface area contributed by atoms with Crippen molar-refractivity contribution in [3.8, 4) is 22.6 Å². The van der Waals surface area contributed by atoms with Crippen LogP contribution in [0.1, 0.15) is 0 Å². The second kappa shape index (κ2) is 4.29. The summed E-state index contributed by atoms with van der Waals surface area (Å²) in [5.41, 5.74) is 13.2. The molecular formula is C14H14N2O4S. The number of benzene rings is 2. The van der Waals surface area contributed by atoms with E-state index in [-0.39, 0.29) is 21.2 Å². The average molecular weight is 306 g/mol. The van der Waals surface area contributed by atoms with Crippen LogP contribution in [0.3, 0.4) is 0 Å². The lowest BCUT2D eigenvalue weighted by atomic mass is 10.0. The highest BCUT2D eigenvalue weighted by Gasteiger charge is 2.35. The number of anilines is 2. The first-order chi connectivity index (χ1) is 9.90. The lowest BCUT2D eigenvalue weighted by Crippen LogP contribution is -2.00. The highest BCUT2D eigenvalue weighted by atomic mass is 32.2. The molecule has 6 nitrogen and oxygen atoms in total. The minimum atomic E-state index is -3.63. The SMILES string of the molecule is COc1cc2c(cc1N)S(=O)(=O)c1cc(N)c(OC)cc1-2. The molecule has 21 heavy (non-hydrogen) atoms. The largest absolute Gasteiger partial charge is 0.495 e. The Hall–Kier alpha value is -2.41. The number of hydrogen-bond donors (Lipinski definition) is 2. The Balaban J connectivity index is 2.40. The number of fused-ring (bicyclic) bond motifs is 3. The van der Waals surface area contributed by atoms with Crippen molar-refractivity contribution in [2.45, 2.75) is 9.79 Å². The van der Waals surface area contributed by atoms with Crippen LogP contribution < -0.4 is 20.9 Å². The van der Waals surface area contributed by atoms with E-state index in [4.69, 9.17) is 20.9 Å². The molecule has 7 heteroatoms. The summed E-state index contributed by atoms with van der Waals surface area (Å²) >= 11 is 0. The summed E-state index contributed by atoms with van der Waals surface area (Å²) < 4.78 is 35.5. The molecule has 0 fully saturated rings. The Kier molecular flexibility index (Phi) is 2.77. The summed E-state index contributed by atoms with van der Waals surface area (Å²) in [6.07, 6.45) is 0. The smallest absolute Gasteiger partial charge is 0.207 e. The van der Waals surface area contributed by atoms with Crippen LogP contribution in [0.25, 0.3) is 11.1 Å². The van der Waals surface area contributed by atoms with Crippen LogP contribution in [0, 0.1) is 0 Å². The summed E-state index contributed by atoms with van der Waals surface area (Å²) in [5.74, 6) is 0.847. The van der Waals surface area contributed by atoms with Crippen molar-refractivity contribution >= 4 is 21.2 Å². The van der Waals surface area contributed by atoms with E-state index in [1.807, 2.05) is 0 Å². The van der Waals surface area contributed by atoms with Crippen LogP contribution in [0.2, 0.25) is 0 Å². The summed E-state index contributed by atoms with van der Waals surface area (Å²) in [5, 5.41) is 0. The zero-order valence-electron chi connectivity index (χ0n) is 11.5. The van der Waals surface area contributed by atoms with Crippen molar-refractivity contribution in [2.24, 2.45) is 0 Å².